The van der Waals surface area contributed by atoms with Gasteiger partial charge in [0.1, 0.15) is 0 Å². The molecule has 0 saturated heterocycles. The van der Waals surface area contributed by atoms with E-state index in [2.05, 4.69) is 231 Å². The lowest BCUT2D eigenvalue weighted by molar-refractivity contribution is 0.661. The number of para-hydroxylation sites is 1. The van der Waals surface area contributed by atoms with Gasteiger partial charge < -0.3 is 4.90 Å². The summed E-state index contributed by atoms with van der Waals surface area (Å²) in [5.74, 6) is 0. The Bertz CT molecular complexity index is 2870. The van der Waals surface area contributed by atoms with Crippen LogP contribution in [0.5, 0.6) is 0 Å². The van der Waals surface area contributed by atoms with Crippen molar-refractivity contribution in [1.29, 1.82) is 0 Å². The maximum Gasteiger partial charge on any atom is 0.0540 e. The van der Waals surface area contributed by atoms with Crippen LogP contribution in [0, 0.1) is 0 Å². The smallest absolute Gasteiger partial charge is 0.0540 e. The molecule has 56 heavy (non-hydrogen) atoms. The first kappa shape index (κ1) is 33.6. The fourth-order valence-corrected chi connectivity index (χ4v) is 8.85. The fraction of sp³-hybridized carbons (Fsp3) is 0.0545. The van der Waals surface area contributed by atoms with Crippen molar-refractivity contribution in [2.75, 3.05) is 4.90 Å². The van der Waals surface area contributed by atoms with Gasteiger partial charge in [-0.1, -0.05) is 184 Å². The largest absolute Gasteiger partial charge is 0.310 e. The summed E-state index contributed by atoms with van der Waals surface area (Å²) in [6, 6.07) is 77.6. The number of nitrogens with zero attached hydrogens (tertiary/aromatic N) is 1. The third-order valence-electron chi connectivity index (χ3n) is 11.7. The second-order valence-corrected chi connectivity index (χ2v) is 15.3. The number of benzene rings is 9. The van der Waals surface area contributed by atoms with E-state index in [0.717, 1.165) is 17.1 Å². The average Bonchev–Trinajstić information content (AvgIpc) is 3.48. The Labute approximate surface area is 329 Å². The van der Waals surface area contributed by atoms with E-state index >= 15 is 0 Å². The monoisotopic (exact) mass is 715 g/mol. The SMILES string of the molecule is CC1(C)c2cc(N(c3ccc(-c4ccccc4)cc3)c3ccccc3-c3ccccc3-c3ccccc3-c3ccccc3)ccc2-c2cc3ccccc3cc21. The molecule has 1 aliphatic carbocycles. The number of fused-ring (bicyclic) bond motifs is 4. The van der Waals surface area contributed by atoms with E-state index in [-0.39, 0.29) is 5.41 Å². The quantitative estimate of drug-likeness (QED) is 0.159. The molecule has 1 nitrogen and oxygen atoms in total. The average molecular weight is 716 g/mol. The molecule has 1 aliphatic rings. The number of hydrogen-bond acceptors (Lipinski definition) is 1. The van der Waals surface area contributed by atoms with Gasteiger partial charge in [0.2, 0.25) is 0 Å². The Morgan fingerprint density at radius 2 is 0.768 bits per heavy atom. The van der Waals surface area contributed by atoms with Crippen molar-refractivity contribution in [1.82, 2.24) is 0 Å². The molecule has 0 radical (unpaired) electrons. The van der Waals surface area contributed by atoms with E-state index in [1.807, 2.05) is 0 Å². The summed E-state index contributed by atoms with van der Waals surface area (Å²) in [4.78, 5) is 2.46. The first-order valence-corrected chi connectivity index (χ1v) is 19.5. The normalized spacial score (nSPS) is 12.6. The lowest BCUT2D eigenvalue weighted by Gasteiger charge is -2.30. The number of hydrogen-bond donors (Lipinski definition) is 0. The van der Waals surface area contributed by atoms with E-state index in [4.69, 9.17) is 0 Å². The van der Waals surface area contributed by atoms with Gasteiger partial charge in [0, 0.05) is 22.4 Å². The lowest BCUT2D eigenvalue weighted by atomic mass is 9.81. The predicted octanol–water partition coefficient (Wildman–Crippen LogP) is 15.3. The Hall–Kier alpha value is -6.96. The van der Waals surface area contributed by atoms with E-state index in [1.165, 1.54) is 77.5 Å². The highest BCUT2D eigenvalue weighted by Crippen LogP contribution is 2.53. The molecule has 0 aromatic heterocycles. The molecule has 0 N–H and O–H groups in total. The van der Waals surface area contributed by atoms with Crippen LogP contribution in [0.3, 0.4) is 0 Å². The minimum atomic E-state index is -0.166. The van der Waals surface area contributed by atoms with Crippen LogP contribution < -0.4 is 4.90 Å². The van der Waals surface area contributed by atoms with E-state index in [0.29, 0.717) is 0 Å². The standard InChI is InChI=1S/C55H41N/c1-55(2)52-36-42-22-10-9-21-41(42)35-51(52)49-34-33-44(37-53(49)55)56(43-31-29-39(30-32-43)38-17-5-3-6-18-38)54-28-16-15-27-50(54)48-26-14-13-25-47(48)46-24-12-11-23-45(46)40-19-7-4-8-20-40/h3-37H,1-2H3. The molecule has 0 saturated carbocycles. The first-order valence-electron chi connectivity index (χ1n) is 19.5. The predicted molar refractivity (Wildman–Crippen MR) is 238 cm³/mol. The van der Waals surface area contributed by atoms with E-state index in [9.17, 15) is 0 Å². The number of rotatable bonds is 7. The highest BCUT2D eigenvalue weighted by atomic mass is 15.1. The molecule has 0 amide bonds. The van der Waals surface area contributed by atoms with Crippen LogP contribution in [0.25, 0.3) is 66.4 Å². The number of anilines is 3. The maximum absolute atomic E-state index is 2.46. The zero-order valence-corrected chi connectivity index (χ0v) is 31.7. The molecule has 1 heteroatoms. The molecule has 0 unspecified atom stereocenters. The van der Waals surface area contributed by atoms with Gasteiger partial charge in [-0.05, 0) is 114 Å². The van der Waals surface area contributed by atoms with Gasteiger partial charge in [-0.15, -0.1) is 0 Å². The molecule has 0 aliphatic heterocycles. The van der Waals surface area contributed by atoms with Crippen molar-refractivity contribution < 1.29 is 0 Å². The summed E-state index contributed by atoms with van der Waals surface area (Å²) in [6.45, 7) is 4.76. The van der Waals surface area contributed by atoms with Crippen molar-refractivity contribution in [2.24, 2.45) is 0 Å². The summed E-state index contributed by atoms with van der Waals surface area (Å²) in [5, 5.41) is 2.56. The van der Waals surface area contributed by atoms with Crippen molar-refractivity contribution in [3.05, 3.63) is 223 Å². The summed E-state index contributed by atoms with van der Waals surface area (Å²) >= 11 is 0. The van der Waals surface area contributed by atoms with Gasteiger partial charge in [-0.25, -0.2) is 0 Å². The van der Waals surface area contributed by atoms with Gasteiger partial charge in [0.15, 0.2) is 0 Å². The first-order chi connectivity index (χ1) is 27.5. The molecule has 0 bridgehead atoms. The van der Waals surface area contributed by atoms with Crippen LogP contribution in [0.4, 0.5) is 17.1 Å². The molecule has 0 atom stereocenters. The Balaban J connectivity index is 1.16. The van der Waals surface area contributed by atoms with Crippen LogP contribution in [-0.2, 0) is 5.41 Å². The van der Waals surface area contributed by atoms with Gasteiger partial charge in [-0.2, -0.15) is 0 Å². The van der Waals surface area contributed by atoms with Gasteiger partial charge in [-0.3, -0.25) is 0 Å². The van der Waals surface area contributed by atoms with Crippen molar-refractivity contribution >= 4 is 27.8 Å². The molecule has 9 aromatic carbocycles. The minimum Gasteiger partial charge on any atom is -0.310 e. The van der Waals surface area contributed by atoms with Crippen LogP contribution >= 0.6 is 0 Å². The van der Waals surface area contributed by atoms with E-state index < -0.39 is 0 Å². The van der Waals surface area contributed by atoms with E-state index in [1.54, 1.807) is 0 Å². The van der Waals surface area contributed by atoms with Crippen LogP contribution in [0.1, 0.15) is 25.0 Å². The van der Waals surface area contributed by atoms with Crippen molar-refractivity contribution in [3.63, 3.8) is 0 Å². The molecular weight excluding hydrogens is 675 g/mol. The van der Waals surface area contributed by atoms with Crippen LogP contribution in [0.2, 0.25) is 0 Å². The molecule has 10 rings (SSSR count). The summed E-state index contributed by atoms with van der Waals surface area (Å²) in [5.41, 5.74) is 18.2. The molecule has 0 spiro atoms. The van der Waals surface area contributed by atoms with Crippen LogP contribution in [0.15, 0.2) is 212 Å². The van der Waals surface area contributed by atoms with Gasteiger partial charge >= 0.3 is 0 Å². The third-order valence-corrected chi connectivity index (χ3v) is 11.7. The molecule has 0 fully saturated rings. The highest BCUT2D eigenvalue weighted by Gasteiger charge is 2.36. The van der Waals surface area contributed by atoms with Gasteiger partial charge in [0.25, 0.3) is 0 Å². The Kier molecular flexibility index (Phi) is 8.23. The second-order valence-electron chi connectivity index (χ2n) is 15.3. The molecular formula is C55H41N. The minimum absolute atomic E-state index is 0.166. The third kappa shape index (κ3) is 5.72. The zero-order valence-electron chi connectivity index (χ0n) is 31.7. The Morgan fingerprint density at radius 3 is 1.45 bits per heavy atom. The summed E-state index contributed by atoms with van der Waals surface area (Å²) in [6.07, 6.45) is 0. The lowest BCUT2D eigenvalue weighted by Crippen LogP contribution is -2.17. The molecule has 266 valence electrons. The zero-order chi connectivity index (χ0) is 37.6. The molecule has 9 aromatic rings. The highest BCUT2D eigenvalue weighted by molar-refractivity contribution is 5.98. The molecule has 0 heterocycles. The summed E-state index contributed by atoms with van der Waals surface area (Å²) < 4.78 is 0. The van der Waals surface area contributed by atoms with Gasteiger partial charge in [0.05, 0.1) is 5.69 Å². The topological polar surface area (TPSA) is 3.24 Å². The Morgan fingerprint density at radius 1 is 0.304 bits per heavy atom. The maximum atomic E-state index is 2.46. The van der Waals surface area contributed by atoms with Crippen LogP contribution in [-0.4, -0.2) is 0 Å². The van der Waals surface area contributed by atoms with Crippen molar-refractivity contribution in [2.45, 2.75) is 19.3 Å². The summed E-state index contributed by atoms with van der Waals surface area (Å²) in [7, 11) is 0. The fourth-order valence-electron chi connectivity index (χ4n) is 8.85. The van der Waals surface area contributed by atoms with Crippen molar-refractivity contribution in [3.8, 4) is 55.6 Å². The second kappa shape index (κ2) is 13.7.